The molecule has 0 amide bonds. The van der Waals surface area contributed by atoms with Gasteiger partial charge in [-0.05, 0) is 76.7 Å². The van der Waals surface area contributed by atoms with Crippen molar-refractivity contribution in [2.45, 2.75) is 66.2 Å². The minimum atomic E-state index is -0.702. The number of ketones is 2. The summed E-state index contributed by atoms with van der Waals surface area (Å²) in [5.41, 5.74) is -0.782. The molecule has 4 heteroatoms. The number of Topliss-reactive ketones (excluding diaryl/α,β-unsaturated/α-hetero) is 2. The van der Waals surface area contributed by atoms with Crippen molar-refractivity contribution in [2.24, 2.45) is 22.7 Å². The van der Waals surface area contributed by atoms with Crippen LogP contribution in [0.4, 0.5) is 0 Å². The topological polar surface area (TPSA) is 40.6 Å². The van der Waals surface area contributed by atoms with Crippen molar-refractivity contribution in [2.75, 3.05) is 40.3 Å². The van der Waals surface area contributed by atoms with Crippen LogP contribution in [0.5, 0.6) is 0 Å². The average Bonchev–Trinajstić information content (AvgIpc) is 2.86. The van der Waals surface area contributed by atoms with Crippen molar-refractivity contribution < 1.29 is 9.59 Å². The number of hydrogen-bond acceptors (Lipinski definition) is 4. The Morgan fingerprint density at radius 1 is 1.00 bits per heavy atom. The van der Waals surface area contributed by atoms with Gasteiger partial charge in [0.25, 0.3) is 0 Å². The molecule has 1 aliphatic heterocycles. The fraction of sp³-hybridized carbons (Fsp3) is 0.909. The fourth-order valence-electron chi connectivity index (χ4n) is 5.29. The van der Waals surface area contributed by atoms with Crippen LogP contribution in [0.1, 0.15) is 66.2 Å². The summed E-state index contributed by atoms with van der Waals surface area (Å²) in [6, 6.07) is 0. The summed E-state index contributed by atoms with van der Waals surface area (Å²) in [5, 5.41) is 0. The average molecular weight is 365 g/mol. The fourth-order valence-corrected chi connectivity index (χ4v) is 5.29. The minimum Gasteiger partial charge on any atom is -0.309 e. The molecule has 2 rings (SSSR count). The van der Waals surface area contributed by atoms with E-state index in [-0.39, 0.29) is 17.0 Å². The van der Waals surface area contributed by atoms with Crippen LogP contribution in [0.25, 0.3) is 0 Å². The van der Waals surface area contributed by atoms with Crippen molar-refractivity contribution in [1.29, 1.82) is 0 Å². The van der Waals surface area contributed by atoms with E-state index in [4.69, 9.17) is 0 Å². The summed E-state index contributed by atoms with van der Waals surface area (Å²) < 4.78 is 0. The monoisotopic (exact) mass is 364 g/mol. The zero-order valence-electron chi connectivity index (χ0n) is 17.9. The number of nitrogens with zero attached hydrogens (tertiary/aromatic N) is 2. The van der Waals surface area contributed by atoms with Crippen molar-refractivity contribution in [1.82, 2.24) is 9.80 Å². The summed E-state index contributed by atoms with van der Waals surface area (Å²) in [4.78, 5) is 31.3. The van der Waals surface area contributed by atoms with Gasteiger partial charge in [-0.1, -0.05) is 27.7 Å². The number of rotatable bonds is 8. The summed E-state index contributed by atoms with van der Waals surface area (Å²) in [7, 11) is 4.21. The Balaban J connectivity index is 2.07. The number of carbonyl (C=O) groups excluding carboxylic acids is 2. The molecule has 1 saturated heterocycles. The molecular formula is C22H40N2O2. The molecule has 0 atom stereocenters. The maximum absolute atomic E-state index is 13.3. The van der Waals surface area contributed by atoms with Crippen LogP contribution >= 0.6 is 0 Å². The molecule has 0 radical (unpaired) electrons. The van der Waals surface area contributed by atoms with Gasteiger partial charge in [0, 0.05) is 19.4 Å². The van der Waals surface area contributed by atoms with Crippen LogP contribution < -0.4 is 0 Å². The van der Waals surface area contributed by atoms with Gasteiger partial charge in [-0.3, -0.25) is 9.59 Å². The smallest absolute Gasteiger partial charge is 0.147 e. The van der Waals surface area contributed by atoms with Crippen LogP contribution in [-0.2, 0) is 9.59 Å². The van der Waals surface area contributed by atoms with E-state index in [0.29, 0.717) is 24.7 Å². The van der Waals surface area contributed by atoms with Gasteiger partial charge in [-0.25, -0.2) is 0 Å². The number of likely N-dealkylation sites (tertiary alicyclic amines) is 1. The Labute approximate surface area is 160 Å². The lowest BCUT2D eigenvalue weighted by Gasteiger charge is -2.44. The molecule has 150 valence electrons. The van der Waals surface area contributed by atoms with Gasteiger partial charge >= 0.3 is 0 Å². The standard InChI is InChI=1S/C22H40N2O2/c1-17(2)12-22(13-18(3)4)19(25)14-21(15-20(22)26)8-11-24(16-21)10-7-9-23(5)6/h17-18H,7-16H2,1-6H3. The van der Waals surface area contributed by atoms with Gasteiger partial charge in [0.05, 0.1) is 5.41 Å². The van der Waals surface area contributed by atoms with Gasteiger partial charge in [0.1, 0.15) is 11.6 Å². The Morgan fingerprint density at radius 3 is 2.00 bits per heavy atom. The Bertz CT molecular complexity index is 480. The molecule has 0 aromatic carbocycles. The van der Waals surface area contributed by atoms with E-state index >= 15 is 0 Å². The van der Waals surface area contributed by atoms with Crippen LogP contribution in [0.15, 0.2) is 0 Å². The summed E-state index contributed by atoms with van der Waals surface area (Å²) in [6.45, 7) is 12.7. The zero-order chi connectivity index (χ0) is 19.5. The molecule has 0 unspecified atom stereocenters. The third-order valence-electron chi connectivity index (χ3n) is 6.25. The number of hydrogen-bond donors (Lipinski definition) is 0. The molecule has 4 nitrogen and oxygen atoms in total. The van der Waals surface area contributed by atoms with Gasteiger partial charge in [-0.15, -0.1) is 0 Å². The Hall–Kier alpha value is -0.740. The first-order valence-electron chi connectivity index (χ1n) is 10.5. The molecule has 26 heavy (non-hydrogen) atoms. The van der Waals surface area contributed by atoms with E-state index in [1.807, 2.05) is 0 Å². The van der Waals surface area contributed by atoms with Crippen molar-refractivity contribution in [3.05, 3.63) is 0 Å². The van der Waals surface area contributed by atoms with E-state index in [2.05, 4.69) is 51.6 Å². The highest BCUT2D eigenvalue weighted by Gasteiger charge is 2.55. The third kappa shape index (κ3) is 4.95. The molecule has 0 N–H and O–H groups in total. The van der Waals surface area contributed by atoms with E-state index in [0.717, 1.165) is 51.9 Å². The molecule has 2 fully saturated rings. The van der Waals surface area contributed by atoms with E-state index in [1.165, 1.54) is 0 Å². The van der Waals surface area contributed by atoms with Crippen LogP contribution in [0.3, 0.4) is 0 Å². The normalized spacial score (nSPS) is 23.1. The van der Waals surface area contributed by atoms with Gasteiger partial charge in [0.15, 0.2) is 0 Å². The number of carbonyl (C=O) groups is 2. The van der Waals surface area contributed by atoms with Crippen molar-refractivity contribution >= 4 is 11.6 Å². The Morgan fingerprint density at radius 2 is 1.54 bits per heavy atom. The summed E-state index contributed by atoms with van der Waals surface area (Å²) in [5.74, 6) is 1.24. The molecule has 0 bridgehead atoms. The maximum atomic E-state index is 13.3. The molecular weight excluding hydrogens is 324 g/mol. The highest BCUT2D eigenvalue weighted by Crippen LogP contribution is 2.50. The lowest BCUT2D eigenvalue weighted by Crippen LogP contribution is -2.51. The van der Waals surface area contributed by atoms with Crippen LogP contribution in [-0.4, -0.2) is 61.6 Å². The molecule has 1 heterocycles. The van der Waals surface area contributed by atoms with Gasteiger partial charge in [0.2, 0.25) is 0 Å². The second kappa shape index (κ2) is 8.52. The maximum Gasteiger partial charge on any atom is 0.147 e. The second-order valence-corrected chi connectivity index (χ2v) is 10.2. The highest BCUT2D eigenvalue weighted by atomic mass is 16.2. The van der Waals surface area contributed by atoms with E-state index in [9.17, 15) is 9.59 Å². The quantitative estimate of drug-likeness (QED) is 0.617. The largest absolute Gasteiger partial charge is 0.309 e. The molecule has 1 spiro atoms. The van der Waals surface area contributed by atoms with Crippen molar-refractivity contribution in [3.8, 4) is 0 Å². The molecule has 1 aliphatic carbocycles. The predicted molar refractivity (Wildman–Crippen MR) is 107 cm³/mol. The highest BCUT2D eigenvalue weighted by molar-refractivity contribution is 6.09. The molecule has 1 saturated carbocycles. The zero-order valence-corrected chi connectivity index (χ0v) is 17.9. The van der Waals surface area contributed by atoms with Gasteiger partial charge < -0.3 is 9.80 Å². The van der Waals surface area contributed by atoms with E-state index in [1.54, 1.807) is 0 Å². The molecule has 0 aromatic rings. The first-order chi connectivity index (χ1) is 12.1. The van der Waals surface area contributed by atoms with Crippen molar-refractivity contribution in [3.63, 3.8) is 0 Å². The first kappa shape index (κ1) is 21.6. The predicted octanol–water partition coefficient (Wildman–Crippen LogP) is 3.64. The second-order valence-electron chi connectivity index (χ2n) is 10.2. The van der Waals surface area contributed by atoms with Crippen LogP contribution in [0.2, 0.25) is 0 Å². The Kier molecular flexibility index (Phi) is 7.06. The van der Waals surface area contributed by atoms with Crippen LogP contribution in [0, 0.1) is 22.7 Å². The minimum absolute atomic E-state index is 0.0796. The molecule has 0 aromatic heterocycles. The lowest BCUT2D eigenvalue weighted by atomic mass is 9.57. The van der Waals surface area contributed by atoms with E-state index < -0.39 is 5.41 Å². The summed E-state index contributed by atoms with van der Waals surface area (Å²) >= 11 is 0. The first-order valence-corrected chi connectivity index (χ1v) is 10.5. The summed E-state index contributed by atoms with van der Waals surface area (Å²) in [6.07, 6.45) is 4.84. The van der Waals surface area contributed by atoms with Gasteiger partial charge in [-0.2, -0.15) is 0 Å². The third-order valence-corrected chi connectivity index (χ3v) is 6.25. The SMILES string of the molecule is CC(C)CC1(CC(C)C)C(=O)CC2(CCN(CCCN(C)C)C2)CC1=O. The lowest BCUT2D eigenvalue weighted by molar-refractivity contribution is -0.151. The molecule has 2 aliphatic rings.